The van der Waals surface area contributed by atoms with Crippen molar-refractivity contribution in [3.8, 4) is 5.88 Å². The number of thiophene rings is 1. The summed E-state index contributed by atoms with van der Waals surface area (Å²) in [5.74, 6) is 0.390. The summed E-state index contributed by atoms with van der Waals surface area (Å²) >= 11 is 1.68. The van der Waals surface area contributed by atoms with Gasteiger partial charge in [0.05, 0.1) is 7.11 Å². The molecule has 0 aromatic carbocycles. The number of aliphatic hydroxyl groups is 1. The number of aryl methyl sites for hydroxylation is 2. The van der Waals surface area contributed by atoms with Crippen LogP contribution in [0.2, 0.25) is 0 Å². The molecule has 4 nitrogen and oxygen atoms in total. The fourth-order valence-corrected chi connectivity index (χ4v) is 3.71. The van der Waals surface area contributed by atoms with Crippen LogP contribution in [0, 0.1) is 0 Å². The largest absolute Gasteiger partial charge is 0.480 e. The van der Waals surface area contributed by atoms with E-state index < -0.39 is 6.10 Å². The lowest BCUT2D eigenvalue weighted by Crippen LogP contribution is -2.04. The Morgan fingerprint density at radius 3 is 2.84 bits per heavy atom. The first-order valence-corrected chi connectivity index (χ1v) is 7.25. The molecule has 1 aliphatic rings. The molecule has 1 N–H and O–H groups in total. The molecule has 0 saturated carbocycles. The third-order valence-electron chi connectivity index (χ3n) is 3.43. The smallest absolute Gasteiger partial charge is 0.238 e. The summed E-state index contributed by atoms with van der Waals surface area (Å²) in [4.78, 5) is 10.6. The van der Waals surface area contributed by atoms with Crippen LogP contribution in [-0.2, 0) is 12.8 Å². The Morgan fingerprint density at radius 2 is 2.05 bits per heavy atom. The molecular weight excluding hydrogens is 260 g/mol. The SMILES string of the molecule is COc1nccnc1C(O)c1cc2c(s1)CCCC2. The number of aliphatic hydroxyl groups excluding tert-OH is 1. The number of ether oxygens (including phenoxy) is 1. The van der Waals surface area contributed by atoms with Crippen LogP contribution >= 0.6 is 11.3 Å². The van der Waals surface area contributed by atoms with Crippen molar-refractivity contribution in [2.24, 2.45) is 0 Å². The van der Waals surface area contributed by atoms with Gasteiger partial charge in [-0.15, -0.1) is 11.3 Å². The van der Waals surface area contributed by atoms with Crippen molar-refractivity contribution in [2.45, 2.75) is 31.8 Å². The molecule has 0 radical (unpaired) electrons. The Balaban J connectivity index is 1.95. The summed E-state index contributed by atoms with van der Waals surface area (Å²) < 4.78 is 5.16. The van der Waals surface area contributed by atoms with Crippen LogP contribution in [-0.4, -0.2) is 22.2 Å². The van der Waals surface area contributed by atoms with E-state index >= 15 is 0 Å². The summed E-state index contributed by atoms with van der Waals surface area (Å²) in [6, 6.07) is 2.11. The van der Waals surface area contributed by atoms with Crippen LogP contribution < -0.4 is 4.74 Å². The van der Waals surface area contributed by atoms with Crippen molar-refractivity contribution < 1.29 is 9.84 Å². The lowest BCUT2D eigenvalue weighted by atomic mass is 9.99. The first-order chi connectivity index (χ1) is 9.29. The number of fused-ring (bicyclic) bond motifs is 1. The van der Waals surface area contributed by atoms with Crippen molar-refractivity contribution in [1.29, 1.82) is 0 Å². The molecule has 100 valence electrons. The van der Waals surface area contributed by atoms with Crippen molar-refractivity contribution in [2.75, 3.05) is 7.11 Å². The monoisotopic (exact) mass is 276 g/mol. The Hall–Kier alpha value is -1.46. The Bertz CT molecular complexity index is 559. The fraction of sp³-hybridized carbons (Fsp3) is 0.429. The van der Waals surface area contributed by atoms with Gasteiger partial charge in [-0.1, -0.05) is 0 Å². The molecule has 2 aromatic heterocycles. The zero-order chi connectivity index (χ0) is 13.2. The maximum absolute atomic E-state index is 10.5. The van der Waals surface area contributed by atoms with Gasteiger partial charge in [0.25, 0.3) is 0 Å². The Kier molecular flexibility index (Phi) is 3.48. The quantitative estimate of drug-likeness (QED) is 0.936. The van der Waals surface area contributed by atoms with Crippen LogP contribution in [0.3, 0.4) is 0 Å². The van der Waals surface area contributed by atoms with Crippen molar-refractivity contribution in [1.82, 2.24) is 9.97 Å². The second-order valence-corrected chi connectivity index (χ2v) is 5.83. The minimum Gasteiger partial charge on any atom is -0.480 e. The molecule has 1 unspecified atom stereocenters. The minimum absolute atomic E-state index is 0.390. The lowest BCUT2D eigenvalue weighted by Gasteiger charge is -2.10. The highest BCUT2D eigenvalue weighted by Crippen LogP contribution is 2.36. The molecule has 0 spiro atoms. The molecule has 2 heterocycles. The molecule has 5 heteroatoms. The van der Waals surface area contributed by atoms with Gasteiger partial charge in [-0.3, -0.25) is 4.98 Å². The normalized spacial score (nSPS) is 15.9. The van der Waals surface area contributed by atoms with E-state index in [1.54, 1.807) is 30.8 Å². The van der Waals surface area contributed by atoms with E-state index in [9.17, 15) is 5.11 Å². The van der Waals surface area contributed by atoms with E-state index in [1.165, 1.54) is 23.3 Å². The van der Waals surface area contributed by atoms with Crippen LogP contribution in [0.15, 0.2) is 18.5 Å². The number of rotatable bonds is 3. The van der Waals surface area contributed by atoms with Gasteiger partial charge in [0, 0.05) is 22.1 Å². The molecule has 1 atom stereocenters. The number of aromatic nitrogens is 2. The standard InChI is InChI=1S/C14H16N2O2S/c1-18-14-12(15-6-7-16-14)13(17)11-8-9-4-2-3-5-10(9)19-11/h6-8,13,17H,2-5H2,1H3. The summed E-state index contributed by atoms with van der Waals surface area (Å²) in [7, 11) is 1.54. The van der Waals surface area contributed by atoms with E-state index in [0.717, 1.165) is 17.7 Å². The van der Waals surface area contributed by atoms with Gasteiger partial charge in [-0.05, 0) is 37.3 Å². The molecule has 2 aromatic rings. The van der Waals surface area contributed by atoms with Crippen molar-refractivity contribution in [3.05, 3.63) is 39.5 Å². The van der Waals surface area contributed by atoms with Crippen molar-refractivity contribution >= 4 is 11.3 Å². The van der Waals surface area contributed by atoms with E-state index in [-0.39, 0.29) is 0 Å². The number of hydrogen-bond donors (Lipinski definition) is 1. The third kappa shape index (κ3) is 2.35. The number of hydrogen-bond acceptors (Lipinski definition) is 5. The average molecular weight is 276 g/mol. The van der Waals surface area contributed by atoms with Gasteiger partial charge in [0.1, 0.15) is 11.8 Å². The summed E-state index contributed by atoms with van der Waals surface area (Å²) in [5, 5.41) is 10.5. The highest BCUT2D eigenvalue weighted by Gasteiger charge is 2.22. The number of nitrogens with zero attached hydrogens (tertiary/aromatic N) is 2. The zero-order valence-corrected chi connectivity index (χ0v) is 11.6. The van der Waals surface area contributed by atoms with Crippen LogP contribution in [0.25, 0.3) is 0 Å². The van der Waals surface area contributed by atoms with Gasteiger partial charge in [0.2, 0.25) is 5.88 Å². The van der Waals surface area contributed by atoms with Gasteiger partial charge in [-0.2, -0.15) is 0 Å². The van der Waals surface area contributed by atoms with Crippen LogP contribution in [0.1, 0.15) is 40.0 Å². The second-order valence-electron chi connectivity index (χ2n) is 4.66. The molecule has 0 fully saturated rings. The molecule has 0 amide bonds. The van der Waals surface area contributed by atoms with E-state index in [2.05, 4.69) is 16.0 Å². The van der Waals surface area contributed by atoms with Crippen molar-refractivity contribution in [3.63, 3.8) is 0 Å². The third-order valence-corrected chi connectivity index (χ3v) is 4.72. The highest BCUT2D eigenvalue weighted by molar-refractivity contribution is 7.12. The van der Waals surface area contributed by atoms with Gasteiger partial charge >= 0.3 is 0 Å². The molecule has 0 saturated heterocycles. The fourth-order valence-electron chi connectivity index (χ4n) is 2.46. The molecule has 0 aliphatic heterocycles. The van der Waals surface area contributed by atoms with E-state index in [0.29, 0.717) is 11.6 Å². The Labute approximate surface area is 116 Å². The molecular formula is C14H16N2O2S. The van der Waals surface area contributed by atoms with E-state index in [4.69, 9.17) is 4.74 Å². The predicted molar refractivity (Wildman–Crippen MR) is 73.6 cm³/mol. The number of methoxy groups -OCH3 is 1. The molecule has 3 rings (SSSR count). The maximum Gasteiger partial charge on any atom is 0.238 e. The topological polar surface area (TPSA) is 55.2 Å². The van der Waals surface area contributed by atoms with Crippen LogP contribution in [0.5, 0.6) is 5.88 Å². The first-order valence-electron chi connectivity index (χ1n) is 6.44. The van der Waals surface area contributed by atoms with Gasteiger partial charge in [0.15, 0.2) is 0 Å². The second kappa shape index (κ2) is 5.27. The van der Waals surface area contributed by atoms with Gasteiger partial charge in [-0.25, -0.2) is 4.98 Å². The molecule has 19 heavy (non-hydrogen) atoms. The summed E-state index contributed by atoms with van der Waals surface area (Å²) in [5.41, 5.74) is 1.87. The first kappa shape index (κ1) is 12.6. The predicted octanol–water partition coefficient (Wildman–Crippen LogP) is 2.51. The molecule has 0 bridgehead atoms. The highest BCUT2D eigenvalue weighted by atomic mass is 32.1. The summed E-state index contributed by atoms with van der Waals surface area (Å²) in [6.45, 7) is 0. The zero-order valence-electron chi connectivity index (χ0n) is 10.8. The van der Waals surface area contributed by atoms with Gasteiger partial charge < -0.3 is 9.84 Å². The summed E-state index contributed by atoms with van der Waals surface area (Å²) in [6.07, 6.45) is 7.13. The molecule has 1 aliphatic carbocycles. The van der Waals surface area contributed by atoms with E-state index in [1.807, 2.05) is 0 Å². The Morgan fingerprint density at radius 1 is 1.26 bits per heavy atom. The van der Waals surface area contributed by atoms with Crippen LogP contribution in [0.4, 0.5) is 0 Å². The maximum atomic E-state index is 10.5. The lowest BCUT2D eigenvalue weighted by molar-refractivity contribution is 0.211. The average Bonchev–Trinajstić information content (AvgIpc) is 2.90. The minimum atomic E-state index is -0.751.